The zero-order valence-corrected chi connectivity index (χ0v) is 23.6. The number of nitrogens with zero attached hydrogens (tertiary/aromatic N) is 2. The topological polar surface area (TPSA) is 88.4 Å². The van der Waals surface area contributed by atoms with Gasteiger partial charge in [0.05, 0.1) is 43.2 Å². The van der Waals surface area contributed by atoms with Crippen molar-refractivity contribution in [2.24, 2.45) is 4.99 Å². The van der Waals surface area contributed by atoms with Crippen molar-refractivity contribution < 1.29 is 23.7 Å². The van der Waals surface area contributed by atoms with Crippen molar-refractivity contribution in [1.29, 1.82) is 0 Å². The first kappa shape index (κ1) is 26.7. The van der Waals surface area contributed by atoms with Crippen molar-refractivity contribution in [2.45, 2.75) is 26.8 Å². The highest BCUT2D eigenvalue weighted by molar-refractivity contribution is 9.10. The van der Waals surface area contributed by atoms with Gasteiger partial charge in [-0.05, 0) is 50.6 Å². The van der Waals surface area contributed by atoms with Gasteiger partial charge in [-0.15, -0.1) is 0 Å². The molecule has 0 saturated carbocycles. The third-order valence-electron chi connectivity index (χ3n) is 5.82. The van der Waals surface area contributed by atoms with E-state index < -0.39 is 12.0 Å². The molecule has 0 spiro atoms. The molecular formula is C27H27BrN2O6S. The first-order valence-corrected chi connectivity index (χ1v) is 13.3. The van der Waals surface area contributed by atoms with Gasteiger partial charge in [-0.3, -0.25) is 9.36 Å². The first-order valence-electron chi connectivity index (χ1n) is 11.7. The van der Waals surface area contributed by atoms with Crippen LogP contribution in [0.15, 0.2) is 61.9 Å². The molecule has 194 valence electrons. The Morgan fingerprint density at radius 2 is 1.84 bits per heavy atom. The van der Waals surface area contributed by atoms with E-state index >= 15 is 0 Å². The standard InChI is InChI=1S/C27H27BrN2O6S/c1-6-35-21-14-18(28)16(12-20(21)34-5)13-22-25(31)30-24(17-10-8-9-11-19(17)33-4)23(26(32)36-7-2)15(3)29-27(30)37-22/h8-14,24H,6-7H2,1-5H3/b22-13-/t24-/m1/s1. The molecule has 3 aromatic rings. The number of esters is 1. The van der Waals surface area contributed by atoms with E-state index in [-0.39, 0.29) is 12.2 Å². The number of carbonyl (C=O) groups excluding carboxylic acids is 1. The van der Waals surface area contributed by atoms with E-state index in [1.165, 1.54) is 15.9 Å². The van der Waals surface area contributed by atoms with Crippen LogP contribution in [0.4, 0.5) is 0 Å². The average Bonchev–Trinajstić information content (AvgIpc) is 3.19. The van der Waals surface area contributed by atoms with Crippen LogP contribution < -0.4 is 29.1 Å². The van der Waals surface area contributed by atoms with Crippen molar-refractivity contribution in [2.75, 3.05) is 27.4 Å². The van der Waals surface area contributed by atoms with Gasteiger partial charge in [0.1, 0.15) is 11.8 Å². The van der Waals surface area contributed by atoms with Gasteiger partial charge in [-0.1, -0.05) is 45.5 Å². The van der Waals surface area contributed by atoms with E-state index in [4.69, 9.17) is 18.9 Å². The second-order valence-electron chi connectivity index (χ2n) is 8.00. The Hall–Kier alpha value is -3.37. The molecule has 0 fully saturated rings. The SMILES string of the molecule is CCOC(=O)C1=C(C)N=c2s/c(=C\c3cc(OC)c(OCC)cc3Br)c(=O)n2[C@@H]1c1ccccc1OC. The second kappa shape index (κ2) is 11.4. The summed E-state index contributed by atoms with van der Waals surface area (Å²) in [7, 11) is 3.12. The third-order valence-corrected chi connectivity index (χ3v) is 7.49. The molecule has 0 aliphatic carbocycles. The van der Waals surface area contributed by atoms with Crippen LogP contribution in [0.3, 0.4) is 0 Å². The molecule has 0 saturated heterocycles. The number of rotatable bonds is 8. The number of ether oxygens (including phenoxy) is 4. The van der Waals surface area contributed by atoms with E-state index in [0.717, 1.165) is 10.0 Å². The lowest BCUT2D eigenvalue weighted by Crippen LogP contribution is -2.40. The van der Waals surface area contributed by atoms with Crippen LogP contribution >= 0.6 is 27.3 Å². The van der Waals surface area contributed by atoms with Crippen molar-refractivity contribution in [3.05, 3.63) is 83.0 Å². The molecule has 4 rings (SSSR count). The van der Waals surface area contributed by atoms with Crippen LogP contribution in [-0.4, -0.2) is 38.0 Å². The third kappa shape index (κ3) is 5.08. The number of fused-ring (bicyclic) bond motifs is 1. The molecule has 0 unspecified atom stereocenters. The van der Waals surface area contributed by atoms with Crippen molar-refractivity contribution >= 4 is 39.3 Å². The highest BCUT2D eigenvalue weighted by Gasteiger charge is 2.35. The predicted octanol–water partition coefficient (Wildman–Crippen LogP) is 3.98. The minimum Gasteiger partial charge on any atom is -0.496 e. The number of hydrogen-bond donors (Lipinski definition) is 0. The van der Waals surface area contributed by atoms with E-state index in [1.54, 1.807) is 46.3 Å². The fraction of sp³-hybridized carbons (Fsp3) is 0.296. The fourth-order valence-corrected chi connectivity index (χ4v) is 5.68. The van der Waals surface area contributed by atoms with Gasteiger partial charge in [0.25, 0.3) is 5.56 Å². The number of halogens is 1. The minimum absolute atomic E-state index is 0.201. The predicted molar refractivity (Wildman–Crippen MR) is 145 cm³/mol. The van der Waals surface area contributed by atoms with Crippen LogP contribution in [0.25, 0.3) is 6.08 Å². The second-order valence-corrected chi connectivity index (χ2v) is 9.87. The summed E-state index contributed by atoms with van der Waals surface area (Å²) in [4.78, 5) is 32.0. The molecule has 1 aromatic heterocycles. The highest BCUT2D eigenvalue weighted by Crippen LogP contribution is 2.36. The maximum atomic E-state index is 13.9. The van der Waals surface area contributed by atoms with Crippen molar-refractivity contribution in [3.8, 4) is 17.2 Å². The average molecular weight is 587 g/mol. The lowest BCUT2D eigenvalue weighted by Gasteiger charge is -2.25. The molecule has 2 aromatic carbocycles. The molecule has 8 nitrogen and oxygen atoms in total. The molecule has 1 atom stereocenters. The summed E-state index contributed by atoms with van der Waals surface area (Å²) >= 11 is 4.82. The minimum atomic E-state index is -0.757. The maximum absolute atomic E-state index is 13.9. The molecule has 10 heteroatoms. The molecule has 0 radical (unpaired) electrons. The normalized spacial score (nSPS) is 15.2. The number of benzene rings is 2. The van der Waals surface area contributed by atoms with Crippen LogP contribution in [0.2, 0.25) is 0 Å². The zero-order chi connectivity index (χ0) is 26.7. The summed E-state index contributed by atoms with van der Waals surface area (Å²) in [5.74, 6) is 1.18. The number of hydrogen-bond acceptors (Lipinski definition) is 8. The van der Waals surface area contributed by atoms with E-state index in [2.05, 4.69) is 20.9 Å². The lowest BCUT2D eigenvalue weighted by atomic mass is 9.95. The molecule has 2 heterocycles. The van der Waals surface area contributed by atoms with Gasteiger partial charge in [0, 0.05) is 10.0 Å². The van der Waals surface area contributed by atoms with Crippen LogP contribution in [0.5, 0.6) is 17.2 Å². The number of methoxy groups -OCH3 is 2. The Morgan fingerprint density at radius 3 is 2.51 bits per heavy atom. The van der Waals surface area contributed by atoms with E-state index in [0.29, 0.717) is 50.0 Å². The maximum Gasteiger partial charge on any atom is 0.338 e. The van der Waals surface area contributed by atoms with Gasteiger partial charge in [0.15, 0.2) is 16.3 Å². The number of allylic oxidation sites excluding steroid dienone is 1. The summed E-state index contributed by atoms with van der Waals surface area (Å²) in [6.45, 7) is 6.08. The van der Waals surface area contributed by atoms with Crippen molar-refractivity contribution in [3.63, 3.8) is 0 Å². The molecule has 0 N–H and O–H groups in total. The number of para-hydroxylation sites is 1. The van der Waals surface area contributed by atoms with Gasteiger partial charge in [-0.2, -0.15) is 0 Å². The summed E-state index contributed by atoms with van der Waals surface area (Å²) < 4.78 is 24.8. The number of aromatic nitrogens is 1. The molecule has 1 aliphatic rings. The number of carbonyl (C=O) groups is 1. The van der Waals surface area contributed by atoms with Crippen LogP contribution in [0, 0.1) is 0 Å². The van der Waals surface area contributed by atoms with E-state index in [9.17, 15) is 9.59 Å². The Balaban J connectivity index is 1.96. The van der Waals surface area contributed by atoms with Gasteiger partial charge in [0.2, 0.25) is 0 Å². The Kier molecular flexibility index (Phi) is 8.19. The Labute approximate surface area is 226 Å². The molecule has 1 aliphatic heterocycles. The summed E-state index contributed by atoms with van der Waals surface area (Å²) in [6.07, 6.45) is 1.77. The molecular weight excluding hydrogens is 560 g/mol. The van der Waals surface area contributed by atoms with Gasteiger partial charge in [-0.25, -0.2) is 9.79 Å². The van der Waals surface area contributed by atoms with Crippen LogP contribution in [0.1, 0.15) is 37.9 Å². The van der Waals surface area contributed by atoms with Crippen LogP contribution in [-0.2, 0) is 9.53 Å². The van der Waals surface area contributed by atoms with E-state index in [1.807, 2.05) is 31.2 Å². The monoisotopic (exact) mass is 586 g/mol. The Morgan fingerprint density at radius 1 is 1.11 bits per heavy atom. The van der Waals surface area contributed by atoms with Gasteiger partial charge < -0.3 is 18.9 Å². The Bertz CT molecular complexity index is 1560. The number of thiazole rings is 1. The first-order chi connectivity index (χ1) is 17.8. The zero-order valence-electron chi connectivity index (χ0n) is 21.2. The quantitative estimate of drug-likeness (QED) is 0.371. The smallest absolute Gasteiger partial charge is 0.338 e. The fourth-order valence-electron chi connectivity index (χ4n) is 4.21. The molecule has 0 bridgehead atoms. The molecule has 37 heavy (non-hydrogen) atoms. The molecule has 0 amide bonds. The van der Waals surface area contributed by atoms with Gasteiger partial charge >= 0.3 is 5.97 Å². The largest absolute Gasteiger partial charge is 0.496 e. The summed E-state index contributed by atoms with van der Waals surface area (Å²) in [5, 5.41) is 0. The highest BCUT2D eigenvalue weighted by atomic mass is 79.9. The summed E-state index contributed by atoms with van der Waals surface area (Å²) in [6, 6.07) is 10.2. The van der Waals surface area contributed by atoms with Crippen molar-refractivity contribution in [1.82, 2.24) is 4.57 Å². The lowest BCUT2D eigenvalue weighted by molar-refractivity contribution is -0.139. The summed E-state index contributed by atoms with van der Waals surface area (Å²) in [5.41, 5.74) is 1.91.